The zero-order chi connectivity index (χ0) is 23.0. The summed E-state index contributed by atoms with van der Waals surface area (Å²) in [5.74, 6) is -0.0820. The summed E-state index contributed by atoms with van der Waals surface area (Å²) < 4.78 is 68.9. The molecular weight excluding hydrogens is 457 g/mol. The van der Waals surface area contributed by atoms with Crippen LogP contribution < -0.4 is 14.8 Å². The molecule has 0 aliphatic rings. The van der Waals surface area contributed by atoms with Gasteiger partial charge in [-0.05, 0) is 48.9 Å². The molecule has 0 atom stereocenters. The molecule has 0 saturated heterocycles. The van der Waals surface area contributed by atoms with Crippen LogP contribution in [0, 0.1) is 6.92 Å². The maximum atomic E-state index is 12.4. The Hall–Kier alpha value is -2.76. The second kappa shape index (κ2) is 8.40. The molecule has 1 heterocycles. The Kier molecular flexibility index (Phi) is 6.21. The lowest BCUT2D eigenvalue weighted by Gasteiger charge is -2.16. The predicted octanol–water partition coefficient (Wildman–Crippen LogP) is 5.06. The molecule has 3 aromatic rings. The largest absolute Gasteiger partial charge is 0.573 e. The molecule has 12 heteroatoms. The number of pyridine rings is 1. The number of nitrogens with zero attached hydrogens (tertiary/aromatic N) is 2. The van der Waals surface area contributed by atoms with Gasteiger partial charge in [0, 0.05) is 25.2 Å². The van der Waals surface area contributed by atoms with Crippen molar-refractivity contribution in [2.75, 3.05) is 24.1 Å². The van der Waals surface area contributed by atoms with Crippen LogP contribution in [0.25, 0.3) is 10.9 Å². The van der Waals surface area contributed by atoms with E-state index in [9.17, 15) is 21.6 Å². The fourth-order valence-corrected chi connectivity index (χ4v) is 3.52. The number of aryl methyl sites for hydroxylation is 1. The molecule has 2 N–H and O–H groups in total. The molecule has 0 aliphatic carbocycles. The number of hydrogen-bond acceptors (Lipinski definition) is 5. The second-order valence-electron chi connectivity index (χ2n) is 6.73. The monoisotopic (exact) mass is 474 g/mol. The Morgan fingerprint density at radius 2 is 1.84 bits per heavy atom. The number of nitrogens with one attached hydrogen (secondary N) is 2. The van der Waals surface area contributed by atoms with E-state index in [-0.39, 0.29) is 5.02 Å². The number of benzene rings is 2. The first-order valence-corrected chi connectivity index (χ1v) is 10.6. The van der Waals surface area contributed by atoms with Gasteiger partial charge in [0.15, 0.2) is 0 Å². The quantitative estimate of drug-likeness (QED) is 0.522. The summed E-state index contributed by atoms with van der Waals surface area (Å²) in [5, 5.41) is 3.37. The summed E-state index contributed by atoms with van der Waals surface area (Å²) in [7, 11) is -0.879. The van der Waals surface area contributed by atoms with Gasteiger partial charge in [-0.1, -0.05) is 17.7 Å². The molecule has 0 aliphatic heterocycles. The van der Waals surface area contributed by atoms with E-state index in [0.29, 0.717) is 33.7 Å². The summed E-state index contributed by atoms with van der Waals surface area (Å²) in [5.41, 5.74) is 1.95. The molecule has 0 unspecified atom stereocenters. The Labute approximate surface area is 182 Å². The van der Waals surface area contributed by atoms with Gasteiger partial charge in [-0.15, -0.1) is 13.2 Å². The van der Waals surface area contributed by atoms with Crippen molar-refractivity contribution >= 4 is 49.9 Å². The van der Waals surface area contributed by atoms with Crippen LogP contribution in [0.5, 0.6) is 5.75 Å². The molecule has 31 heavy (non-hydrogen) atoms. The number of aromatic nitrogens is 1. The summed E-state index contributed by atoms with van der Waals surface area (Å²) in [6.45, 7) is 1.76. The van der Waals surface area contributed by atoms with Gasteiger partial charge in [0.25, 0.3) is 0 Å². The number of halogens is 4. The van der Waals surface area contributed by atoms with E-state index in [1.807, 2.05) is 0 Å². The van der Waals surface area contributed by atoms with Gasteiger partial charge in [0.1, 0.15) is 11.6 Å². The number of hydrogen-bond donors (Lipinski definition) is 2. The molecule has 7 nitrogen and oxygen atoms in total. The second-order valence-corrected chi connectivity index (χ2v) is 9.03. The van der Waals surface area contributed by atoms with Gasteiger partial charge in [-0.2, -0.15) is 12.7 Å². The molecule has 0 spiro atoms. The Balaban J connectivity index is 1.93. The van der Waals surface area contributed by atoms with Gasteiger partial charge >= 0.3 is 16.6 Å². The number of ether oxygens (including phenoxy) is 1. The Morgan fingerprint density at radius 1 is 1.13 bits per heavy atom. The molecule has 0 bridgehead atoms. The Morgan fingerprint density at radius 3 is 2.45 bits per heavy atom. The highest BCUT2D eigenvalue weighted by Gasteiger charge is 2.32. The third kappa shape index (κ3) is 5.49. The van der Waals surface area contributed by atoms with E-state index in [2.05, 4.69) is 19.8 Å². The lowest BCUT2D eigenvalue weighted by atomic mass is 10.1. The standard InChI is InChI=1S/C19H18ClF3N4O3S/c1-11-9-13-15(5-4-6-16(13)26-31(28,29)27(2)3)25-18(11)24-12-7-8-17(14(20)10-12)30-19(21,22)23/h4-10,26H,1-3H3,(H,24,25). The van der Waals surface area contributed by atoms with Crippen LogP contribution in [0.15, 0.2) is 42.5 Å². The van der Waals surface area contributed by atoms with Crippen molar-refractivity contribution in [1.82, 2.24) is 9.29 Å². The maximum Gasteiger partial charge on any atom is 0.573 e. The minimum absolute atomic E-state index is 0.221. The lowest BCUT2D eigenvalue weighted by molar-refractivity contribution is -0.274. The minimum atomic E-state index is -4.85. The van der Waals surface area contributed by atoms with Crippen molar-refractivity contribution in [3.05, 3.63) is 53.1 Å². The van der Waals surface area contributed by atoms with Crippen molar-refractivity contribution in [3.63, 3.8) is 0 Å². The zero-order valence-corrected chi connectivity index (χ0v) is 18.2. The Bertz CT molecular complexity index is 1230. The van der Waals surface area contributed by atoms with Crippen molar-refractivity contribution in [2.45, 2.75) is 13.3 Å². The minimum Gasteiger partial charge on any atom is -0.404 e. The number of anilines is 3. The van der Waals surface area contributed by atoms with E-state index in [1.165, 1.54) is 26.2 Å². The van der Waals surface area contributed by atoms with Crippen LogP contribution in [0.2, 0.25) is 5.02 Å². The van der Waals surface area contributed by atoms with Gasteiger partial charge < -0.3 is 10.1 Å². The van der Waals surface area contributed by atoms with Crippen LogP contribution >= 0.6 is 11.6 Å². The molecule has 0 fully saturated rings. The smallest absolute Gasteiger partial charge is 0.404 e. The van der Waals surface area contributed by atoms with Crippen LogP contribution in [-0.2, 0) is 10.2 Å². The molecule has 0 amide bonds. The third-order valence-corrected chi connectivity index (χ3v) is 5.92. The van der Waals surface area contributed by atoms with Crippen LogP contribution in [0.3, 0.4) is 0 Å². The highest BCUT2D eigenvalue weighted by molar-refractivity contribution is 7.90. The molecular formula is C19H18ClF3N4O3S. The molecule has 0 saturated carbocycles. The first-order valence-electron chi connectivity index (χ1n) is 8.79. The highest BCUT2D eigenvalue weighted by atomic mass is 35.5. The number of alkyl halides is 3. The average Bonchev–Trinajstić information content (AvgIpc) is 2.64. The van der Waals surface area contributed by atoms with Crippen molar-refractivity contribution in [3.8, 4) is 5.75 Å². The van der Waals surface area contributed by atoms with E-state index in [0.717, 1.165) is 10.4 Å². The highest BCUT2D eigenvalue weighted by Crippen LogP contribution is 2.34. The van der Waals surface area contributed by atoms with Gasteiger partial charge in [-0.25, -0.2) is 4.98 Å². The number of fused-ring (bicyclic) bond motifs is 1. The summed E-state index contributed by atoms with van der Waals surface area (Å²) in [6.07, 6.45) is -4.85. The first-order chi connectivity index (χ1) is 14.4. The van der Waals surface area contributed by atoms with E-state index in [4.69, 9.17) is 11.6 Å². The molecule has 166 valence electrons. The van der Waals surface area contributed by atoms with Gasteiger partial charge in [0.2, 0.25) is 0 Å². The van der Waals surface area contributed by atoms with Crippen molar-refractivity contribution in [1.29, 1.82) is 0 Å². The zero-order valence-electron chi connectivity index (χ0n) is 16.6. The SMILES string of the molecule is Cc1cc2c(NS(=O)(=O)N(C)C)cccc2nc1Nc1ccc(OC(F)(F)F)c(Cl)c1. The molecule has 1 aromatic heterocycles. The third-order valence-electron chi connectivity index (χ3n) is 4.19. The fraction of sp³-hybridized carbons (Fsp3) is 0.211. The fourth-order valence-electron chi connectivity index (χ4n) is 2.66. The molecule has 3 rings (SSSR count). The molecule has 2 aromatic carbocycles. The van der Waals surface area contributed by atoms with E-state index in [1.54, 1.807) is 31.2 Å². The normalized spacial score (nSPS) is 12.3. The summed E-state index contributed by atoms with van der Waals surface area (Å²) in [6, 6.07) is 10.5. The van der Waals surface area contributed by atoms with E-state index >= 15 is 0 Å². The summed E-state index contributed by atoms with van der Waals surface area (Å²) in [4.78, 5) is 4.50. The van der Waals surface area contributed by atoms with Crippen molar-refractivity contribution in [2.24, 2.45) is 0 Å². The van der Waals surface area contributed by atoms with Crippen molar-refractivity contribution < 1.29 is 26.3 Å². The topological polar surface area (TPSA) is 83.6 Å². The lowest BCUT2D eigenvalue weighted by Crippen LogP contribution is -2.29. The van der Waals surface area contributed by atoms with Crippen LogP contribution in [-0.4, -0.2) is 38.2 Å². The van der Waals surface area contributed by atoms with Gasteiger partial charge in [0.05, 0.1) is 16.2 Å². The number of rotatable bonds is 6. The summed E-state index contributed by atoms with van der Waals surface area (Å²) >= 11 is 5.89. The predicted molar refractivity (Wildman–Crippen MR) is 114 cm³/mol. The average molecular weight is 475 g/mol. The maximum absolute atomic E-state index is 12.4. The van der Waals surface area contributed by atoms with Crippen LogP contribution in [0.4, 0.5) is 30.4 Å². The van der Waals surface area contributed by atoms with E-state index < -0.39 is 22.3 Å². The van der Waals surface area contributed by atoms with Crippen LogP contribution in [0.1, 0.15) is 5.56 Å². The molecule has 0 radical (unpaired) electrons. The van der Waals surface area contributed by atoms with Gasteiger partial charge in [-0.3, -0.25) is 4.72 Å². The first kappa shape index (κ1) is 22.9.